The van der Waals surface area contributed by atoms with Crippen molar-refractivity contribution in [3.05, 3.63) is 11.6 Å². The van der Waals surface area contributed by atoms with Crippen molar-refractivity contribution >= 4 is 35.1 Å². The molecule has 4 aliphatic carbocycles. The van der Waals surface area contributed by atoms with Gasteiger partial charge in [-0.1, -0.05) is 12.5 Å². The van der Waals surface area contributed by atoms with Crippen molar-refractivity contribution in [2.24, 2.45) is 22.7 Å². The van der Waals surface area contributed by atoms with Crippen LogP contribution >= 0.6 is 11.8 Å². The highest BCUT2D eigenvalue weighted by molar-refractivity contribution is 8.05. The summed E-state index contributed by atoms with van der Waals surface area (Å²) in [5.41, 5.74) is -2.64. The van der Waals surface area contributed by atoms with E-state index in [-0.39, 0.29) is 36.2 Å². The van der Waals surface area contributed by atoms with E-state index in [1.165, 1.54) is 6.92 Å². The van der Waals surface area contributed by atoms with Crippen LogP contribution in [-0.2, 0) is 23.9 Å². The molecule has 0 aromatic carbocycles. The first-order valence-electron chi connectivity index (χ1n) is 11.2. The van der Waals surface area contributed by atoms with Gasteiger partial charge in [0.25, 0.3) is 0 Å². The van der Waals surface area contributed by atoms with Crippen LogP contribution in [0.1, 0.15) is 65.7 Å². The summed E-state index contributed by atoms with van der Waals surface area (Å²) < 4.78 is 4.16. The van der Waals surface area contributed by atoms with Crippen LogP contribution in [-0.4, -0.2) is 45.4 Å². The molecule has 1 N–H and O–H groups in total. The standard InChI is InChI=1S/C24H29NO6S/c1-14(26)31-12-20(29)23(30)9-7-17-18-5-4-15-10-16(27)6-8-21(15,2)24(18,32-13-25)11-19(28)22(17,23)3/h10,17-18,30H,4-9,11-12H2,1-3H3/t17-,18-,21-,22+,23-,24+/m0/s1. The molecule has 0 aromatic rings. The average molecular weight is 460 g/mol. The predicted octanol–water partition coefficient (Wildman–Crippen LogP) is 2.90. The highest BCUT2D eigenvalue weighted by atomic mass is 32.2. The Morgan fingerprint density at radius 3 is 2.59 bits per heavy atom. The van der Waals surface area contributed by atoms with E-state index >= 15 is 0 Å². The lowest BCUT2D eigenvalue weighted by Crippen LogP contribution is -2.68. The van der Waals surface area contributed by atoms with Crippen molar-refractivity contribution in [1.29, 1.82) is 5.26 Å². The molecule has 0 bridgehead atoms. The summed E-state index contributed by atoms with van der Waals surface area (Å²) in [6.07, 6.45) is 4.78. The number of hydrogen-bond donors (Lipinski definition) is 1. The molecular weight excluding hydrogens is 430 g/mol. The van der Waals surface area contributed by atoms with E-state index < -0.39 is 39.5 Å². The number of ether oxygens (including phenoxy) is 1. The Kier molecular flexibility index (Phi) is 5.45. The smallest absolute Gasteiger partial charge is 0.303 e. The number of Topliss-reactive ketones (excluding diaryl/α,β-unsaturated/α-hetero) is 2. The maximum Gasteiger partial charge on any atom is 0.303 e. The molecule has 0 aromatic heterocycles. The lowest BCUT2D eigenvalue weighted by atomic mass is 9.45. The zero-order chi connectivity index (χ0) is 23.5. The Morgan fingerprint density at radius 2 is 1.94 bits per heavy atom. The van der Waals surface area contributed by atoms with Crippen LogP contribution in [0.25, 0.3) is 0 Å². The number of rotatable bonds is 4. The third kappa shape index (κ3) is 2.83. The first-order valence-corrected chi connectivity index (χ1v) is 12.0. The summed E-state index contributed by atoms with van der Waals surface area (Å²) in [4.78, 5) is 50.2. The minimum absolute atomic E-state index is 0.0549. The summed E-state index contributed by atoms with van der Waals surface area (Å²) in [5, 5.41) is 23.6. The highest BCUT2D eigenvalue weighted by Crippen LogP contribution is 2.71. The minimum atomic E-state index is -1.90. The number of nitrogens with zero attached hydrogens (tertiary/aromatic N) is 1. The summed E-state index contributed by atoms with van der Waals surface area (Å²) in [5.74, 6) is -1.72. The van der Waals surface area contributed by atoms with Gasteiger partial charge >= 0.3 is 5.97 Å². The molecule has 0 aliphatic heterocycles. The third-order valence-electron chi connectivity index (χ3n) is 9.17. The van der Waals surface area contributed by atoms with Gasteiger partial charge < -0.3 is 9.84 Å². The first-order chi connectivity index (χ1) is 15.0. The number of thioether (sulfide) groups is 1. The third-order valence-corrected chi connectivity index (χ3v) is 10.5. The van der Waals surface area contributed by atoms with Crippen LogP contribution < -0.4 is 0 Å². The second-order valence-electron chi connectivity index (χ2n) is 10.2. The van der Waals surface area contributed by atoms with Crippen molar-refractivity contribution in [2.75, 3.05) is 6.61 Å². The number of nitriles is 1. The second-order valence-corrected chi connectivity index (χ2v) is 11.3. The molecule has 0 unspecified atom stereocenters. The minimum Gasteiger partial charge on any atom is -0.458 e. The Labute approximate surface area is 191 Å². The van der Waals surface area contributed by atoms with Crippen LogP contribution in [0, 0.1) is 33.3 Å². The largest absolute Gasteiger partial charge is 0.458 e. The molecule has 172 valence electrons. The highest BCUT2D eigenvalue weighted by Gasteiger charge is 2.74. The molecule has 0 amide bonds. The summed E-state index contributed by atoms with van der Waals surface area (Å²) >= 11 is 1.14. The van der Waals surface area contributed by atoms with Crippen molar-refractivity contribution in [2.45, 2.75) is 76.1 Å². The second kappa shape index (κ2) is 7.53. The fourth-order valence-electron chi connectivity index (χ4n) is 7.30. The van der Waals surface area contributed by atoms with Crippen molar-refractivity contribution in [1.82, 2.24) is 0 Å². The molecule has 7 nitrogen and oxygen atoms in total. The Bertz CT molecular complexity index is 983. The number of fused-ring (bicyclic) bond motifs is 5. The van der Waals surface area contributed by atoms with Crippen LogP contribution in [0.4, 0.5) is 0 Å². The van der Waals surface area contributed by atoms with Crippen molar-refractivity contribution in [3.63, 3.8) is 0 Å². The predicted molar refractivity (Wildman–Crippen MR) is 116 cm³/mol. The van der Waals surface area contributed by atoms with Crippen molar-refractivity contribution in [3.8, 4) is 5.40 Å². The zero-order valence-corrected chi connectivity index (χ0v) is 19.5. The number of aliphatic hydroxyl groups is 1. The molecule has 6 atom stereocenters. The van der Waals surface area contributed by atoms with Gasteiger partial charge in [0.1, 0.15) is 16.8 Å². The molecule has 0 spiro atoms. The number of ketones is 3. The van der Waals surface area contributed by atoms with Crippen LogP contribution in [0.5, 0.6) is 0 Å². The zero-order valence-electron chi connectivity index (χ0n) is 18.7. The Morgan fingerprint density at radius 1 is 1.22 bits per heavy atom. The number of esters is 1. The maximum absolute atomic E-state index is 13.8. The molecule has 0 heterocycles. The number of carbonyl (C=O) groups excluding carboxylic acids is 4. The normalized spacial score (nSPS) is 42.8. The molecule has 3 fully saturated rings. The number of hydrogen-bond acceptors (Lipinski definition) is 8. The molecule has 4 aliphatic rings. The quantitative estimate of drug-likeness (QED) is 0.503. The van der Waals surface area contributed by atoms with Gasteiger partial charge in [-0.2, -0.15) is 5.26 Å². The summed E-state index contributed by atoms with van der Waals surface area (Å²) in [6, 6.07) is 0. The van der Waals surface area contributed by atoms with Crippen LogP contribution in [0.3, 0.4) is 0 Å². The molecule has 0 radical (unpaired) electrons. The molecular formula is C24H29NO6S. The lowest BCUT2D eigenvalue weighted by molar-refractivity contribution is -0.174. The van der Waals surface area contributed by atoms with E-state index in [9.17, 15) is 29.5 Å². The Balaban J connectivity index is 1.78. The van der Waals surface area contributed by atoms with Gasteiger partial charge in [-0.3, -0.25) is 19.2 Å². The summed E-state index contributed by atoms with van der Waals surface area (Å²) in [6.45, 7) is 4.39. The maximum atomic E-state index is 13.8. The molecule has 4 rings (SSSR count). The van der Waals surface area contributed by atoms with E-state index in [2.05, 4.69) is 12.3 Å². The van der Waals surface area contributed by atoms with Crippen LogP contribution in [0.15, 0.2) is 11.6 Å². The summed E-state index contributed by atoms with van der Waals surface area (Å²) in [7, 11) is 0. The Hall–Kier alpha value is -1.98. The van der Waals surface area contributed by atoms with Gasteiger partial charge in [0.05, 0.1) is 5.41 Å². The van der Waals surface area contributed by atoms with E-state index in [4.69, 9.17) is 4.74 Å². The van der Waals surface area contributed by atoms with Gasteiger partial charge in [-0.15, -0.1) is 0 Å². The molecule has 32 heavy (non-hydrogen) atoms. The number of thiocyanates is 1. The van der Waals surface area contributed by atoms with Gasteiger partial charge in [0, 0.05) is 29.9 Å². The van der Waals surface area contributed by atoms with E-state index in [1.807, 2.05) is 0 Å². The van der Waals surface area contributed by atoms with Gasteiger partial charge in [-0.25, -0.2) is 0 Å². The molecule has 3 saturated carbocycles. The van der Waals surface area contributed by atoms with Gasteiger partial charge in [-0.05, 0) is 68.7 Å². The molecule has 0 saturated heterocycles. The first kappa shape index (κ1) is 23.2. The van der Waals surface area contributed by atoms with E-state index in [1.54, 1.807) is 13.0 Å². The fraction of sp³-hybridized carbons (Fsp3) is 0.708. The monoisotopic (exact) mass is 459 g/mol. The van der Waals surface area contributed by atoms with Gasteiger partial charge in [0.2, 0.25) is 5.78 Å². The lowest BCUT2D eigenvalue weighted by Gasteiger charge is -2.63. The van der Waals surface area contributed by atoms with E-state index in [0.29, 0.717) is 32.1 Å². The number of allylic oxidation sites excluding steroid dienone is 1. The van der Waals surface area contributed by atoms with Crippen molar-refractivity contribution < 1.29 is 29.0 Å². The average Bonchev–Trinajstić information content (AvgIpc) is 3.01. The van der Waals surface area contributed by atoms with Gasteiger partial charge in [0.15, 0.2) is 12.4 Å². The number of carbonyl (C=O) groups is 4. The SMILES string of the molecule is CC(=O)OCC(=O)[C@@]1(O)CC[C@H]2[C@@H]3CCC4=CC(=O)CC[C@]4(C)[C@@]3(SC#N)CC(=O)[C@@]21C. The molecule has 8 heteroatoms. The van der Waals surface area contributed by atoms with Crippen LogP contribution in [0.2, 0.25) is 0 Å². The topological polar surface area (TPSA) is 122 Å². The van der Waals surface area contributed by atoms with E-state index in [0.717, 1.165) is 17.3 Å². The fourth-order valence-corrected chi connectivity index (χ4v) is 8.56.